The zero-order valence-corrected chi connectivity index (χ0v) is 23.0. The van der Waals surface area contributed by atoms with Gasteiger partial charge in [-0.3, -0.25) is 0 Å². The molecular formula is C30H44O6. The van der Waals surface area contributed by atoms with Crippen LogP contribution < -0.4 is 18.9 Å². The van der Waals surface area contributed by atoms with Crippen LogP contribution in [0.5, 0.6) is 23.0 Å². The fourth-order valence-electron chi connectivity index (χ4n) is 3.78. The molecule has 0 aliphatic carbocycles. The minimum Gasteiger partial charge on any atom is -0.487 e. The molecule has 0 saturated carbocycles. The molecule has 6 heteroatoms. The van der Waals surface area contributed by atoms with Gasteiger partial charge in [0, 0.05) is 0 Å². The van der Waals surface area contributed by atoms with Gasteiger partial charge in [0.25, 0.3) is 0 Å². The van der Waals surface area contributed by atoms with E-state index in [0.29, 0.717) is 52.9 Å². The quantitative estimate of drug-likeness (QED) is 0.489. The number of fused-ring (bicyclic) bond motifs is 2. The van der Waals surface area contributed by atoms with Crippen LogP contribution in [0.15, 0.2) is 36.4 Å². The topological polar surface area (TPSA) is 55.4 Å². The number of benzene rings is 2. The van der Waals surface area contributed by atoms with Gasteiger partial charge in [0.1, 0.15) is 26.4 Å². The van der Waals surface area contributed by atoms with Gasteiger partial charge in [-0.05, 0) is 59.1 Å². The van der Waals surface area contributed by atoms with E-state index in [9.17, 15) is 0 Å². The second-order valence-electron chi connectivity index (χ2n) is 10.4. The zero-order valence-electron chi connectivity index (χ0n) is 23.0. The highest BCUT2D eigenvalue weighted by atomic mass is 16.6. The SMILES string of the molecule is CCC(C)(C)c1ccc2c(c1)OCCOCCOc1ccc(C(C)(C)CC)cc1OCCOCCO2. The molecule has 0 spiro atoms. The minimum absolute atomic E-state index is 0.0602. The average molecular weight is 501 g/mol. The van der Waals surface area contributed by atoms with E-state index >= 15 is 0 Å². The summed E-state index contributed by atoms with van der Waals surface area (Å²) < 4.78 is 35.7. The van der Waals surface area contributed by atoms with E-state index in [4.69, 9.17) is 28.4 Å². The summed E-state index contributed by atoms with van der Waals surface area (Å²) in [4.78, 5) is 0. The molecule has 0 N–H and O–H groups in total. The number of hydrogen-bond donors (Lipinski definition) is 0. The number of ether oxygens (including phenoxy) is 6. The standard InChI is InChI=1S/C30H44O6/c1-7-29(3,4)23-9-11-25-27(21-23)35-19-15-31-14-18-34-26-12-10-24(30(5,6)8-2)22-28(26)36-20-16-32-13-17-33-25/h9-12,21-22H,7-8,13-20H2,1-6H3. The van der Waals surface area contributed by atoms with Crippen LogP contribution in [-0.4, -0.2) is 52.9 Å². The molecule has 1 heterocycles. The molecule has 36 heavy (non-hydrogen) atoms. The highest BCUT2D eigenvalue weighted by Crippen LogP contribution is 2.36. The van der Waals surface area contributed by atoms with E-state index in [-0.39, 0.29) is 10.8 Å². The summed E-state index contributed by atoms with van der Waals surface area (Å²) >= 11 is 0. The summed E-state index contributed by atoms with van der Waals surface area (Å²) in [6, 6.07) is 12.4. The Labute approximate surface area is 217 Å². The van der Waals surface area contributed by atoms with Crippen LogP contribution in [0.4, 0.5) is 0 Å². The molecule has 3 rings (SSSR count). The molecule has 2 aromatic rings. The summed E-state index contributed by atoms with van der Waals surface area (Å²) in [7, 11) is 0. The van der Waals surface area contributed by atoms with Gasteiger partial charge in [0.05, 0.1) is 26.4 Å². The summed E-state index contributed by atoms with van der Waals surface area (Å²) in [6.07, 6.45) is 2.07. The van der Waals surface area contributed by atoms with Gasteiger partial charge in [-0.15, -0.1) is 0 Å². The average Bonchev–Trinajstić information content (AvgIpc) is 2.87. The van der Waals surface area contributed by atoms with Gasteiger partial charge in [-0.1, -0.05) is 53.7 Å². The van der Waals surface area contributed by atoms with E-state index in [2.05, 4.69) is 65.8 Å². The Bertz CT molecular complexity index is 875. The number of hydrogen-bond acceptors (Lipinski definition) is 6. The van der Waals surface area contributed by atoms with Gasteiger partial charge < -0.3 is 28.4 Å². The summed E-state index contributed by atoms with van der Waals surface area (Å²) in [5.41, 5.74) is 2.57. The maximum absolute atomic E-state index is 6.07. The molecular weight excluding hydrogens is 456 g/mol. The third-order valence-electron chi connectivity index (χ3n) is 7.16. The maximum atomic E-state index is 6.07. The van der Waals surface area contributed by atoms with E-state index in [0.717, 1.165) is 35.8 Å². The predicted molar refractivity (Wildman–Crippen MR) is 143 cm³/mol. The van der Waals surface area contributed by atoms with Crippen molar-refractivity contribution in [3.63, 3.8) is 0 Å². The first-order chi connectivity index (χ1) is 17.3. The van der Waals surface area contributed by atoms with Crippen molar-refractivity contribution in [1.29, 1.82) is 0 Å². The molecule has 1 aliphatic heterocycles. The normalized spacial score (nSPS) is 16.6. The Kier molecular flexibility index (Phi) is 10.3. The smallest absolute Gasteiger partial charge is 0.161 e. The maximum Gasteiger partial charge on any atom is 0.161 e. The fraction of sp³-hybridized carbons (Fsp3) is 0.600. The highest BCUT2D eigenvalue weighted by molar-refractivity contribution is 5.46. The van der Waals surface area contributed by atoms with E-state index in [1.807, 2.05) is 12.1 Å². The molecule has 0 saturated heterocycles. The number of rotatable bonds is 4. The van der Waals surface area contributed by atoms with Crippen LogP contribution in [0.25, 0.3) is 0 Å². The van der Waals surface area contributed by atoms with Crippen LogP contribution >= 0.6 is 0 Å². The van der Waals surface area contributed by atoms with Crippen molar-refractivity contribution in [3.05, 3.63) is 47.5 Å². The van der Waals surface area contributed by atoms with E-state index in [1.54, 1.807) is 0 Å². The molecule has 0 fully saturated rings. The fourth-order valence-corrected chi connectivity index (χ4v) is 3.78. The van der Waals surface area contributed by atoms with E-state index < -0.39 is 0 Å². The molecule has 2 aromatic carbocycles. The van der Waals surface area contributed by atoms with Gasteiger partial charge in [0.15, 0.2) is 23.0 Å². The van der Waals surface area contributed by atoms with Crippen LogP contribution in [0, 0.1) is 0 Å². The Balaban J connectivity index is 1.67. The Morgan fingerprint density at radius 3 is 1.17 bits per heavy atom. The largest absolute Gasteiger partial charge is 0.487 e. The van der Waals surface area contributed by atoms with Crippen LogP contribution in [0.2, 0.25) is 0 Å². The minimum atomic E-state index is 0.0602. The second-order valence-corrected chi connectivity index (χ2v) is 10.4. The molecule has 1 aliphatic rings. The van der Waals surface area contributed by atoms with Crippen molar-refractivity contribution in [1.82, 2.24) is 0 Å². The lowest BCUT2D eigenvalue weighted by Crippen LogP contribution is -2.18. The monoisotopic (exact) mass is 500 g/mol. The summed E-state index contributed by atoms with van der Waals surface area (Å²) in [6.45, 7) is 16.9. The van der Waals surface area contributed by atoms with E-state index in [1.165, 1.54) is 11.1 Å². The van der Waals surface area contributed by atoms with Crippen molar-refractivity contribution in [2.45, 2.75) is 65.2 Å². The second kappa shape index (κ2) is 13.2. The lowest BCUT2D eigenvalue weighted by molar-refractivity contribution is 0.0639. The molecule has 0 atom stereocenters. The van der Waals surface area contributed by atoms with Gasteiger partial charge in [0.2, 0.25) is 0 Å². The molecule has 0 amide bonds. The van der Waals surface area contributed by atoms with Gasteiger partial charge in [-0.2, -0.15) is 0 Å². The molecule has 0 aromatic heterocycles. The first-order valence-corrected chi connectivity index (χ1v) is 13.2. The van der Waals surface area contributed by atoms with Crippen molar-refractivity contribution in [2.75, 3.05) is 52.9 Å². The predicted octanol–water partition coefficient (Wildman–Crippen LogP) is 6.32. The van der Waals surface area contributed by atoms with Crippen LogP contribution in [0.1, 0.15) is 65.5 Å². The molecule has 6 nitrogen and oxygen atoms in total. The molecule has 0 radical (unpaired) electrons. The van der Waals surface area contributed by atoms with Crippen molar-refractivity contribution in [2.24, 2.45) is 0 Å². The van der Waals surface area contributed by atoms with Crippen LogP contribution in [0.3, 0.4) is 0 Å². The van der Waals surface area contributed by atoms with Gasteiger partial charge in [-0.25, -0.2) is 0 Å². The van der Waals surface area contributed by atoms with Crippen LogP contribution in [-0.2, 0) is 20.3 Å². The molecule has 0 unspecified atom stereocenters. The lowest BCUT2D eigenvalue weighted by Gasteiger charge is -2.25. The first-order valence-electron chi connectivity index (χ1n) is 13.2. The highest BCUT2D eigenvalue weighted by Gasteiger charge is 2.21. The Hall–Kier alpha value is -2.44. The first kappa shape index (κ1) is 28.1. The van der Waals surface area contributed by atoms with Gasteiger partial charge >= 0.3 is 0 Å². The lowest BCUT2D eigenvalue weighted by atomic mass is 9.82. The Morgan fingerprint density at radius 2 is 0.833 bits per heavy atom. The summed E-state index contributed by atoms with van der Waals surface area (Å²) in [5, 5.41) is 0. The third-order valence-corrected chi connectivity index (χ3v) is 7.16. The third kappa shape index (κ3) is 7.78. The van der Waals surface area contributed by atoms with Crippen molar-refractivity contribution < 1.29 is 28.4 Å². The molecule has 200 valence electrons. The Morgan fingerprint density at radius 1 is 0.500 bits per heavy atom. The van der Waals surface area contributed by atoms with Crippen molar-refractivity contribution in [3.8, 4) is 23.0 Å². The van der Waals surface area contributed by atoms with Crippen molar-refractivity contribution >= 4 is 0 Å². The molecule has 0 bridgehead atoms. The zero-order chi connectivity index (χ0) is 26.0. The summed E-state index contributed by atoms with van der Waals surface area (Å²) in [5.74, 6) is 2.90.